The minimum Gasteiger partial charge on any atom is -0.483 e. The molecule has 9 heteroatoms. The van der Waals surface area contributed by atoms with Gasteiger partial charge in [-0.1, -0.05) is 18.2 Å². The molecular weight excluding hydrogens is 395 g/mol. The van der Waals surface area contributed by atoms with Gasteiger partial charge in [0.2, 0.25) is 0 Å². The standard InChI is InChI=1S/C20H19FN4O3S/c1-12-4-3-5-13(2)18(12)28-11-17(26)23-24-19(27)16-10-22-20(29)25(16)15-8-6-14(21)7-9-15/h3-10H,11H2,1-2H3,(H,22,29)(H,23,26)(H,24,27). The number of benzene rings is 2. The molecule has 0 unspecified atom stereocenters. The molecule has 1 aromatic heterocycles. The van der Waals surface area contributed by atoms with Gasteiger partial charge in [-0.15, -0.1) is 0 Å². The normalized spacial score (nSPS) is 10.4. The van der Waals surface area contributed by atoms with Crippen molar-refractivity contribution in [3.63, 3.8) is 0 Å². The highest BCUT2D eigenvalue weighted by Gasteiger charge is 2.15. The zero-order valence-corrected chi connectivity index (χ0v) is 16.6. The molecule has 0 saturated heterocycles. The quantitative estimate of drug-likeness (QED) is 0.442. The first kappa shape index (κ1) is 20.3. The molecule has 3 rings (SSSR count). The molecule has 2 aromatic carbocycles. The lowest BCUT2D eigenvalue weighted by atomic mass is 10.1. The first-order valence-corrected chi connectivity index (χ1v) is 9.12. The summed E-state index contributed by atoms with van der Waals surface area (Å²) >= 11 is 5.19. The Hall–Kier alpha value is -3.46. The first-order chi connectivity index (χ1) is 13.9. The summed E-state index contributed by atoms with van der Waals surface area (Å²) in [5.74, 6) is -0.895. The number of ether oxygens (including phenoxy) is 1. The van der Waals surface area contributed by atoms with Gasteiger partial charge in [0, 0.05) is 11.9 Å². The van der Waals surface area contributed by atoms with Gasteiger partial charge in [0.25, 0.3) is 11.8 Å². The van der Waals surface area contributed by atoms with Gasteiger partial charge in [0.1, 0.15) is 17.3 Å². The highest BCUT2D eigenvalue weighted by Crippen LogP contribution is 2.22. The van der Waals surface area contributed by atoms with E-state index >= 15 is 0 Å². The van der Waals surface area contributed by atoms with Crippen LogP contribution in [0.3, 0.4) is 0 Å². The molecule has 0 aliphatic carbocycles. The summed E-state index contributed by atoms with van der Waals surface area (Å²) in [4.78, 5) is 27.3. The molecule has 2 amide bonds. The molecule has 3 aromatic rings. The van der Waals surface area contributed by atoms with Crippen molar-refractivity contribution >= 4 is 24.0 Å². The van der Waals surface area contributed by atoms with Crippen LogP contribution in [0.4, 0.5) is 4.39 Å². The van der Waals surface area contributed by atoms with Crippen molar-refractivity contribution in [3.05, 3.63) is 76.1 Å². The number of hydrogen-bond donors (Lipinski definition) is 3. The van der Waals surface area contributed by atoms with Crippen molar-refractivity contribution in [1.82, 2.24) is 20.4 Å². The number of hydrazine groups is 1. The predicted octanol–water partition coefficient (Wildman–Crippen LogP) is 3.13. The van der Waals surface area contributed by atoms with Crippen molar-refractivity contribution in [1.29, 1.82) is 0 Å². The number of nitrogens with zero attached hydrogens (tertiary/aromatic N) is 1. The van der Waals surface area contributed by atoms with Gasteiger partial charge in [0.05, 0.1) is 0 Å². The van der Waals surface area contributed by atoms with E-state index in [1.54, 1.807) is 0 Å². The molecule has 0 atom stereocenters. The molecule has 0 saturated carbocycles. The smallest absolute Gasteiger partial charge is 0.288 e. The maximum atomic E-state index is 13.2. The number of carbonyl (C=O) groups is 2. The molecule has 0 bridgehead atoms. The summed E-state index contributed by atoms with van der Waals surface area (Å²) in [5.41, 5.74) is 7.10. The van der Waals surface area contributed by atoms with Crippen LogP contribution in [0.2, 0.25) is 0 Å². The van der Waals surface area contributed by atoms with Gasteiger partial charge in [0.15, 0.2) is 11.4 Å². The lowest BCUT2D eigenvalue weighted by Gasteiger charge is -2.13. The second-order valence-corrected chi connectivity index (χ2v) is 6.69. The van der Waals surface area contributed by atoms with Crippen molar-refractivity contribution in [3.8, 4) is 11.4 Å². The van der Waals surface area contributed by atoms with Crippen LogP contribution in [0.25, 0.3) is 5.69 Å². The monoisotopic (exact) mass is 414 g/mol. The Balaban J connectivity index is 1.63. The Labute approximate surface area is 171 Å². The molecular formula is C20H19FN4O3S. The van der Waals surface area contributed by atoms with Crippen molar-refractivity contribution < 1.29 is 18.7 Å². The Bertz CT molecular complexity index is 1090. The highest BCUT2D eigenvalue weighted by atomic mass is 32.1. The van der Waals surface area contributed by atoms with Gasteiger partial charge < -0.3 is 9.72 Å². The summed E-state index contributed by atoms with van der Waals surface area (Å²) in [7, 11) is 0. The molecule has 0 aliphatic heterocycles. The maximum Gasteiger partial charge on any atom is 0.288 e. The minimum atomic E-state index is -0.595. The zero-order valence-electron chi connectivity index (χ0n) is 15.8. The number of para-hydroxylation sites is 1. The lowest BCUT2D eigenvalue weighted by Crippen LogP contribution is -2.44. The topological polar surface area (TPSA) is 88.2 Å². The number of aromatic nitrogens is 2. The average Bonchev–Trinajstić information content (AvgIpc) is 3.08. The predicted molar refractivity (Wildman–Crippen MR) is 108 cm³/mol. The largest absolute Gasteiger partial charge is 0.483 e. The average molecular weight is 414 g/mol. The molecule has 0 aliphatic rings. The molecule has 0 fully saturated rings. The molecule has 0 spiro atoms. The van der Waals surface area contributed by atoms with E-state index in [-0.39, 0.29) is 17.1 Å². The fourth-order valence-electron chi connectivity index (χ4n) is 2.77. The van der Waals surface area contributed by atoms with Crippen LogP contribution in [0.1, 0.15) is 21.6 Å². The number of amides is 2. The molecule has 0 radical (unpaired) electrons. The van der Waals surface area contributed by atoms with Gasteiger partial charge in [-0.2, -0.15) is 0 Å². The van der Waals surface area contributed by atoms with Gasteiger partial charge in [-0.25, -0.2) is 4.39 Å². The Morgan fingerprint density at radius 1 is 1.10 bits per heavy atom. The summed E-state index contributed by atoms with van der Waals surface area (Å²) < 4.78 is 20.4. The van der Waals surface area contributed by atoms with Crippen LogP contribution in [-0.4, -0.2) is 28.0 Å². The summed E-state index contributed by atoms with van der Waals surface area (Å²) in [6, 6.07) is 11.2. The SMILES string of the molecule is Cc1cccc(C)c1OCC(=O)NNC(=O)c1c[nH]c(=S)n1-c1ccc(F)cc1. The van der Waals surface area contributed by atoms with E-state index in [0.717, 1.165) is 11.1 Å². The number of nitrogens with one attached hydrogen (secondary N) is 3. The second-order valence-electron chi connectivity index (χ2n) is 6.30. The number of aromatic amines is 1. The van der Waals surface area contributed by atoms with Crippen molar-refractivity contribution in [2.24, 2.45) is 0 Å². The van der Waals surface area contributed by atoms with Gasteiger partial charge in [-0.3, -0.25) is 25.0 Å². The molecule has 3 N–H and O–H groups in total. The third kappa shape index (κ3) is 4.69. The number of aryl methyl sites for hydroxylation is 2. The minimum absolute atomic E-state index is 0.151. The Morgan fingerprint density at radius 3 is 2.41 bits per heavy atom. The summed E-state index contributed by atoms with van der Waals surface area (Å²) in [6.45, 7) is 3.51. The van der Waals surface area contributed by atoms with E-state index < -0.39 is 17.6 Å². The molecule has 7 nitrogen and oxygen atoms in total. The van der Waals surface area contributed by atoms with Crippen LogP contribution in [0.15, 0.2) is 48.7 Å². The second kappa shape index (κ2) is 8.70. The lowest BCUT2D eigenvalue weighted by molar-refractivity contribution is -0.123. The number of carbonyl (C=O) groups excluding carboxylic acids is 2. The Kier molecular flexibility index (Phi) is 6.08. The third-order valence-electron chi connectivity index (χ3n) is 4.17. The van der Waals surface area contributed by atoms with Crippen LogP contribution in [0, 0.1) is 24.4 Å². The van der Waals surface area contributed by atoms with Gasteiger partial charge >= 0.3 is 0 Å². The van der Waals surface area contributed by atoms with Crippen LogP contribution >= 0.6 is 12.2 Å². The third-order valence-corrected chi connectivity index (χ3v) is 4.47. The maximum absolute atomic E-state index is 13.2. The number of imidazole rings is 1. The number of halogens is 1. The summed E-state index contributed by atoms with van der Waals surface area (Å²) in [5, 5.41) is 0. The Morgan fingerprint density at radius 2 is 1.76 bits per heavy atom. The van der Waals surface area contributed by atoms with E-state index in [9.17, 15) is 14.0 Å². The highest BCUT2D eigenvalue weighted by molar-refractivity contribution is 7.71. The molecule has 1 heterocycles. The van der Waals surface area contributed by atoms with Crippen molar-refractivity contribution in [2.45, 2.75) is 13.8 Å². The van der Waals surface area contributed by atoms with Crippen LogP contribution in [-0.2, 0) is 4.79 Å². The number of rotatable bonds is 5. The van der Waals surface area contributed by atoms with E-state index in [4.69, 9.17) is 17.0 Å². The van der Waals surface area contributed by atoms with E-state index in [1.165, 1.54) is 35.0 Å². The van der Waals surface area contributed by atoms with Gasteiger partial charge in [-0.05, 0) is 61.5 Å². The van der Waals surface area contributed by atoms with E-state index in [2.05, 4.69) is 15.8 Å². The van der Waals surface area contributed by atoms with E-state index in [0.29, 0.717) is 11.4 Å². The van der Waals surface area contributed by atoms with Crippen LogP contribution in [0.5, 0.6) is 5.75 Å². The van der Waals surface area contributed by atoms with Crippen molar-refractivity contribution in [2.75, 3.05) is 6.61 Å². The molecule has 29 heavy (non-hydrogen) atoms. The summed E-state index contributed by atoms with van der Waals surface area (Å²) in [6.07, 6.45) is 1.40. The molecule has 150 valence electrons. The fraction of sp³-hybridized carbons (Fsp3) is 0.150. The fourth-order valence-corrected chi connectivity index (χ4v) is 3.04. The number of H-pyrrole nitrogens is 1. The first-order valence-electron chi connectivity index (χ1n) is 8.71. The number of hydrogen-bond acceptors (Lipinski definition) is 4. The zero-order chi connectivity index (χ0) is 21.0. The van der Waals surface area contributed by atoms with E-state index in [1.807, 2.05) is 32.0 Å². The van der Waals surface area contributed by atoms with Crippen LogP contribution < -0.4 is 15.6 Å².